The van der Waals surface area contributed by atoms with E-state index in [4.69, 9.17) is 4.74 Å². The van der Waals surface area contributed by atoms with E-state index in [0.717, 1.165) is 11.9 Å². The fourth-order valence-electron chi connectivity index (χ4n) is 1.21. The number of para-hydroxylation sites is 1. The number of aromatic nitrogens is 2. The van der Waals surface area contributed by atoms with Crippen LogP contribution in [0.5, 0.6) is 5.88 Å². The van der Waals surface area contributed by atoms with Gasteiger partial charge in [0, 0.05) is 5.69 Å². The van der Waals surface area contributed by atoms with Gasteiger partial charge in [0.2, 0.25) is 11.8 Å². The maximum Gasteiger partial charge on any atom is 0.255 e. The first-order chi connectivity index (χ1) is 7.79. The van der Waals surface area contributed by atoms with Crippen LogP contribution in [0.3, 0.4) is 0 Å². The third-order valence-electron chi connectivity index (χ3n) is 1.94. The Morgan fingerprint density at radius 3 is 2.69 bits per heavy atom. The number of rotatable bonds is 3. The molecule has 5 heteroatoms. The molecule has 0 bridgehead atoms. The molecule has 0 saturated heterocycles. The number of methoxy groups -OCH3 is 1. The van der Waals surface area contributed by atoms with Gasteiger partial charge in [0.15, 0.2) is 0 Å². The van der Waals surface area contributed by atoms with Crippen LogP contribution in [0.15, 0.2) is 36.5 Å². The van der Waals surface area contributed by atoms with Gasteiger partial charge in [0.25, 0.3) is 5.88 Å². The molecule has 2 rings (SSSR count). The maximum absolute atomic E-state index is 13.0. The first-order valence-electron chi connectivity index (χ1n) is 4.68. The van der Waals surface area contributed by atoms with Crippen LogP contribution in [0.25, 0.3) is 0 Å². The number of ether oxygens (including phenoxy) is 1. The molecule has 0 radical (unpaired) electrons. The topological polar surface area (TPSA) is 47.0 Å². The first kappa shape index (κ1) is 10.4. The lowest BCUT2D eigenvalue weighted by atomic mass is 10.3. The van der Waals surface area contributed by atoms with Gasteiger partial charge in [0.1, 0.15) is 0 Å². The van der Waals surface area contributed by atoms with Crippen molar-refractivity contribution >= 4 is 11.6 Å². The fourth-order valence-corrected chi connectivity index (χ4v) is 1.21. The summed E-state index contributed by atoms with van der Waals surface area (Å²) < 4.78 is 17.8. The molecule has 82 valence electrons. The Kier molecular flexibility index (Phi) is 2.95. The number of halogens is 1. The number of anilines is 2. The van der Waals surface area contributed by atoms with E-state index in [9.17, 15) is 4.39 Å². The Bertz CT molecular complexity index is 476. The Labute approximate surface area is 92.1 Å². The molecule has 0 saturated carbocycles. The zero-order valence-electron chi connectivity index (χ0n) is 8.64. The molecule has 0 aliphatic carbocycles. The van der Waals surface area contributed by atoms with Crippen molar-refractivity contribution < 1.29 is 9.13 Å². The van der Waals surface area contributed by atoms with Gasteiger partial charge in [-0.1, -0.05) is 18.2 Å². The van der Waals surface area contributed by atoms with E-state index in [0.29, 0.717) is 5.95 Å². The van der Waals surface area contributed by atoms with Gasteiger partial charge in [0.05, 0.1) is 13.3 Å². The van der Waals surface area contributed by atoms with Crippen molar-refractivity contribution in [3.63, 3.8) is 0 Å². The predicted molar refractivity (Wildman–Crippen MR) is 58.3 cm³/mol. The number of nitrogens with one attached hydrogen (secondary N) is 1. The summed E-state index contributed by atoms with van der Waals surface area (Å²) in [5.74, 6) is -0.362. The van der Waals surface area contributed by atoms with Crippen LogP contribution < -0.4 is 10.1 Å². The van der Waals surface area contributed by atoms with Gasteiger partial charge in [-0.25, -0.2) is 4.98 Å². The second-order valence-electron chi connectivity index (χ2n) is 3.04. The lowest BCUT2D eigenvalue weighted by Crippen LogP contribution is -2.00. The van der Waals surface area contributed by atoms with Gasteiger partial charge in [-0.05, 0) is 12.1 Å². The molecule has 0 spiro atoms. The van der Waals surface area contributed by atoms with E-state index >= 15 is 0 Å². The molecule has 1 heterocycles. The van der Waals surface area contributed by atoms with Gasteiger partial charge in [-0.15, -0.1) is 0 Å². The molecule has 16 heavy (non-hydrogen) atoms. The number of benzene rings is 1. The molecule has 2 aromatic rings. The zero-order chi connectivity index (χ0) is 11.4. The Hall–Kier alpha value is -2.17. The predicted octanol–water partition coefficient (Wildman–Crippen LogP) is 2.37. The average molecular weight is 219 g/mol. The van der Waals surface area contributed by atoms with E-state index < -0.39 is 5.82 Å². The number of hydrogen-bond donors (Lipinski definition) is 1. The fraction of sp³-hybridized carbons (Fsp3) is 0.0909. The van der Waals surface area contributed by atoms with Crippen LogP contribution in [0.1, 0.15) is 0 Å². The van der Waals surface area contributed by atoms with Gasteiger partial charge >= 0.3 is 0 Å². The van der Waals surface area contributed by atoms with E-state index in [1.165, 1.54) is 7.11 Å². The standard InChI is InChI=1S/C11H10FN3O/c1-16-10-9(12)7-13-11(15-10)14-8-5-3-2-4-6-8/h2-7H,1H3,(H,13,14,15). The van der Waals surface area contributed by atoms with Crippen LogP contribution in [-0.2, 0) is 0 Å². The highest BCUT2D eigenvalue weighted by Crippen LogP contribution is 2.16. The summed E-state index contributed by atoms with van der Waals surface area (Å²) in [5, 5.41) is 2.94. The minimum atomic E-state index is -0.582. The summed E-state index contributed by atoms with van der Waals surface area (Å²) in [6, 6.07) is 9.38. The van der Waals surface area contributed by atoms with Crippen molar-refractivity contribution in [2.75, 3.05) is 12.4 Å². The minimum Gasteiger partial charge on any atom is -0.479 e. The normalized spacial score (nSPS) is 9.88. The maximum atomic E-state index is 13.0. The van der Waals surface area contributed by atoms with Crippen LogP contribution in [-0.4, -0.2) is 17.1 Å². The quantitative estimate of drug-likeness (QED) is 0.860. The van der Waals surface area contributed by atoms with Crippen LogP contribution in [0.2, 0.25) is 0 Å². The highest BCUT2D eigenvalue weighted by atomic mass is 19.1. The summed E-state index contributed by atoms with van der Waals surface area (Å²) in [4.78, 5) is 7.67. The first-order valence-corrected chi connectivity index (χ1v) is 4.68. The van der Waals surface area contributed by atoms with Crippen molar-refractivity contribution in [2.45, 2.75) is 0 Å². The monoisotopic (exact) mass is 219 g/mol. The lowest BCUT2D eigenvalue weighted by Gasteiger charge is -2.05. The van der Waals surface area contributed by atoms with Crippen molar-refractivity contribution in [2.24, 2.45) is 0 Å². The summed E-state index contributed by atoms with van der Waals surface area (Å²) in [6.07, 6.45) is 1.07. The lowest BCUT2D eigenvalue weighted by molar-refractivity contribution is 0.368. The average Bonchev–Trinajstić information content (AvgIpc) is 2.33. The van der Waals surface area contributed by atoms with E-state index in [2.05, 4.69) is 15.3 Å². The summed E-state index contributed by atoms with van der Waals surface area (Å²) in [7, 11) is 1.36. The van der Waals surface area contributed by atoms with E-state index in [-0.39, 0.29) is 5.88 Å². The summed E-state index contributed by atoms with van der Waals surface area (Å²) in [6.45, 7) is 0. The largest absolute Gasteiger partial charge is 0.479 e. The third-order valence-corrected chi connectivity index (χ3v) is 1.94. The van der Waals surface area contributed by atoms with Gasteiger partial charge in [-0.2, -0.15) is 9.37 Å². The van der Waals surface area contributed by atoms with Gasteiger partial charge in [-0.3, -0.25) is 0 Å². The summed E-state index contributed by atoms with van der Waals surface area (Å²) in [5.41, 5.74) is 0.830. The zero-order valence-corrected chi connectivity index (χ0v) is 8.64. The van der Waals surface area contributed by atoms with Crippen molar-refractivity contribution in [3.8, 4) is 5.88 Å². The second-order valence-corrected chi connectivity index (χ2v) is 3.04. The number of hydrogen-bond acceptors (Lipinski definition) is 4. The molecule has 0 amide bonds. The smallest absolute Gasteiger partial charge is 0.255 e. The Morgan fingerprint density at radius 2 is 2.00 bits per heavy atom. The highest BCUT2D eigenvalue weighted by molar-refractivity contribution is 5.52. The number of nitrogens with zero attached hydrogens (tertiary/aromatic N) is 2. The molecular weight excluding hydrogens is 209 g/mol. The van der Waals surface area contributed by atoms with E-state index in [1.807, 2.05) is 30.3 Å². The molecule has 0 unspecified atom stereocenters. The Morgan fingerprint density at radius 1 is 1.25 bits per heavy atom. The van der Waals surface area contributed by atoms with Crippen molar-refractivity contribution in [1.82, 2.24) is 9.97 Å². The minimum absolute atomic E-state index is 0.0755. The Balaban J connectivity index is 2.22. The molecule has 4 nitrogen and oxygen atoms in total. The SMILES string of the molecule is COc1nc(Nc2ccccc2)ncc1F. The molecule has 1 aromatic heterocycles. The van der Waals surface area contributed by atoms with Crippen LogP contribution in [0.4, 0.5) is 16.0 Å². The molecule has 1 N–H and O–H groups in total. The molecule has 0 aliphatic rings. The van der Waals surface area contributed by atoms with Crippen molar-refractivity contribution in [1.29, 1.82) is 0 Å². The highest BCUT2D eigenvalue weighted by Gasteiger charge is 2.06. The molecule has 0 atom stereocenters. The van der Waals surface area contributed by atoms with Crippen molar-refractivity contribution in [3.05, 3.63) is 42.3 Å². The molecule has 1 aromatic carbocycles. The van der Waals surface area contributed by atoms with E-state index in [1.54, 1.807) is 0 Å². The van der Waals surface area contributed by atoms with Crippen LogP contribution >= 0.6 is 0 Å². The van der Waals surface area contributed by atoms with Gasteiger partial charge < -0.3 is 10.1 Å². The van der Waals surface area contributed by atoms with Crippen LogP contribution in [0, 0.1) is 5.82 Å². The molecule has 0 aliphatic heterocycles. The molecule has 0 fully saturated rings. The summed E-state index contributed by atoms with van der Waals surface area (Å²) >= 11 is 0. The third kappa shape index (κ3) is 2.25. The second kappa shape index (κ2) is 4.57. The molecular formula is C11H10FN3O.